The van der Waals surface area contributed by atoms with Crippen LogP contribution in [0.3, 0.4) is 0 Å². The van der Waals surface area contributed by atoms with Gasteiger partial charge in [-0.05, 0) is 63.9 Å². The summed E-state index contributed by atoms with van der Waals surface area (Å²) >= 11 is 0. The predicted molar refractivity (Wildman–Crippen MR) is 153 cm³/mol. The molecule has 2 aliphatic heterocycles. The molecule has 3 aromatic heterocycles. The summed E-state index contributed by atoms with van der Waals surface area (Å²) in [7, 11) is 1.96. The molecule has 2 aliphatic carbocycles. The summed E-state index contributed by atoms with van der Waals surface area (Å²) in [5, 5.41) is 17.5. The third-order valence-corrected chi connectivity index (χ3v) is 10.1. The predicted octanol–water partition coefficient (Wildman–Crippen LogP) is 2.79. The normalized spacial score (nSPS) is 28.5. The number of carbonyl (C=O) groups excluding carboxylic acids is 1. The zero-order valence-electron chi connectivity index (χ0n) is 24.1. The highest BCUT2D eigenvalue weighted by atomic mass is 16.5. The van der Waals surface area contributed by atoms with E-state index in [1.165, 1.54) is 29.8 Å². The quantitative estimate of drug-likeness (QED) is 0.507. The van der Waals surface area contributed by atoms with Gasteiger partial charge in [-0.2, -0.15) is 10.2 Å². The van der Waals surface area contributed by atoms with Crippen LogP contribution in [-0.4, -0.2) is 68.3 Å². The molecule has 5 heterocycles. The highest BCUT2D eigenvalue weighted by molar-refractivity contribution is 5.89. The maximum Gasteiger partial charge on any atom is 0.239 e. The molecule has 3 aromatic rings. The van der Waals surface area contributed by atoms with E-state index in [9.17, 15) is 4.79 Å². The first-order valence-corrected chi connectivity index (χ1v) is 15.1. The van der Waals surface area contributed by atoms with Crippen LogP contribution < -0.4 is 15.5 Å². The van der Waals surface area contributed by atoms with Gasteiger partial charge in [0.2, 0.25) is 5.91 Å². The number of hydrogen-bond acceptors (Lipinski definition) is 7. The summed E-state index contributed by atoms with van der Waals surface area (Å²) in [6, 6.07) is 1.98. The molecule has 214 valence electrons. The number of aryl methyl sites for hydroxylation is 3. The van der Waals surface area contributed by atoms with Gasteiger partial charge in [-0.3, -0.25) is 14.2 Å². The van der Waals surface area contributed by atoms with E-state index < -0.39 is 0 Å². The molecule has 10 heteroatoms. The van der Waals surface area contributed by atoms with Crippen molar-refractivity contribution in [3.05, 3.63) is 34.9 Å². The van der Waals surface area contributed by atoms with Crippen LogP contribution in [0.25, 0.3) is 11.0 Å². The van der Waals surface area contributed by atoms with Gasteiger partial charge in [0.05, 0.1) is 36.2 Å². The van der Waals surface area contributed by atoms with Crippen molar-refractivity contribution in [2.75, 3.05) is 31.2 Å². The van der Waals surface area contributed by atoms with E-state index in [1.54, 1.807) is 0 Å². The molecule has 10 nitrogen and oxygen atoms in total. The molecule has 3 unspecified atom stereocenters. The Kier molecular flexibility index (Phi) is 6.58. The van der Waals surface area contributed by atoms with Gasteiger partial charge in [-0.25, -0.2) is 4.98 Å². The van der Waals surface area contributed by atoms with Gasteiger partial charge in [0.15, 0.2) is 5.65 Å². The minimum absolute atomic E-state index is 0.0457. The Hall–Kier alpha value is -2.98. The number of ether oxygens (including phenoxy) is 1. The molecule has 2 saturated carbocycles. The smallest absolute Gasteiger partial charge is 0.239 e. The topological polar surface area (TPSA) is 102 Å². The fourth-order valence-corrected chi connectivity index (χ4v) is 7.96. The zero-order valence-corrected chi connectivity index (χ0v) is 24.1. The molecule has 0 aromatic carbocycles. The van der Waals surface area contributed by atoms with Crippen molar-refractivity contribution in [3.8, 4) is 0 Å². The van der Waals surface area contributed by atoms with E-state index in [4.69, 9.17) is 14.8 Å². The number of aromatic nitrogens is 5. The van der Waals surface area contributed by atoms with Crippen molar-refractivity contribution in [3.63, 3.8) is 0 Å². The molecule has 1 amide bonds. The van der Waals surface area contributed by atoms with Crippen molar-refractivity contribution in [1.29, 1.82) is 0 Å². The van der Waals surface area contributed by atoms with E-state index >= 15 is 0 Å². The van der Waals surface area contributed by atoms with Crippen LogP contribution in [0.4, 0.5) is 5.69 Å². The Labute approximate surface area is 235 Å². The molecule has 0 radical (unpaired) electrons. The SMILES string of the molecule is Cc1cc(N2CCc3c(c(C)nn3CC3CCC4(NC(=O)[C@@H]5COCCN5)CCCC3C4)C2)c2cnn(C)c2n1. The monoisotopic (exact) mass is 546 g/mol. The number of fused-ring (bicyclic) bond motifs is 4. The van der Waals surface area contributed by atoms with Crippen molar-refractivity contribution in [2.45, 2.75) is 83.5 Å². The molecule has 4 atom stereocenters. The number of rotatable bonds is 5. The summed E-state index contributed by atoms with van der Waals surface area (Å²) < 4.78 is 9.74. The van der Waals surface area contributed by atoms with Crippen molar-refractivity contribution in [1.82, 2.24) is 35.2 Å². The summed E-state index contributed by atoms with van der Waals surface area (Å²) in [5.41, 5.74) is 7.06. The number of anilines is 1. The minimum atomic E-state index is -0.218. The van der Waals surface area contributed by atoms with Crippen LogP contribution in [0.15, 0.2) is 12.3 Å². The lowest BCUT2D eigenvalue weighted by Crippen LogP contribution is -2.60. The van der Waals surface area contributed by atoms with Gasteiger partial charge in [0.25, 0.3) is 0 Å². The number of nitrogens with one attached hydrogen (secondary N) is 2. The van der Waals surface area contributed by atoms with E-state index in [2.05, 4.69) is 45.2 Å². The molecule has 2 N–H and O–H groups in total. The second-order valence-electron chi connectivity index (χ2n) is 12.7. The summed E-state index contributed by atoms with van der Waals surface area (Å²) in [4.78, 5) is 20.2. The Morgan fingerprint density at radius 1 is 1.27 bits per heavy atom. The molecule has 2 bridgehead atoms. The molecule has 4 aliphatic rings. The first-order valence-electron chi connectivity index (χ1n) is 15.1. The molecule has 1 saturated heterocycles. The number of hydrogen-bond donors (Lipinski definition) is 2. The number of morpholine rings is 1. The van der Waals surface area contributed by atoms with Crippen molar-refractivity contribution >= 4 is 22.6 Å². The Morgan fingerprint density at radius 2 is 2.17 bits per heavy atom. The van der Waals surface area contributed by atoms with Crippen LogP contribution in [0.5, 0.6) is 0 Å². The zero-order chi connectivity index (χ0) is 27.4. The number of carbonyl (C=O) groups is 1. The fourth-order valence-electron chi connectivity index (χ4n) is 7.96. The van der Waals surface area contributed by atoms with E-state index in [0.717, 1.165) is 80.7 Å². The first-order chi connectivity index (χ1) is 19.4. The van der Waals surface area contributed by atoms with Gasteiger partial charge in [0.1, 0.15) is 6.04 Å². The standard InChI is InChI=1S/C30H42N8O2/c1-19-13-27(23-15-32-36(3)28(23)33-19)37-11-7-26-24(17-37)20(2)35-38(26)16-22-6-9-30(8-4-5-21(22)14-30)34-29(39)25-18-40-12-10-31-25/h13,15,21-22,25,31H,4-12,14,16-18H2,1-3H3,(H,34,39)/t21?,22?,25-,30?/m0/s1. The molecular weight excluding hydrogens is 504 g/mol. The largest absolute Gasteiger partial charge is 0.378 e. The molecule has 40 heavy (non-hydrogen) atoms. The van der Waals surface area contributed by atoms with E-state index in [-0.39, 0.29) is 17.5 Å². The average molecular weight is 547 g/mol. The van der Waals surface area contributed by atoms with Gasteiger partial charge in [-0.15, -0.1) is 0 Å². The van der Waals surface area contributed by atoms with E-state index in [0.29, 0.717) is 25.0 Å². The second-order valence-corrected chi connectivity index (χ2v) is 12.7. The third-order valence-electron chi connectivity index (χ3n) is 10.1. The van der Waals surface area contributed by atoms with Crippen LogP contribution in [0.1, 0.15) is 61.2 Å². The Bertz CT molecular complexity index is 1420. The summed E-state index contributed by atoms with van der Waals surface area (Å²) in [6.07, 6.45) is 9.78. The minimum Gasteiger partial charge on any atom is -0.378 e. The molecule has 7 rings (SSSR count). The fraction of sp³-hybridized carbons (Fsp3) is 0.667. The highest BCUT2D eigenvalue weighted by Gasteiger charge is 2.45. The van der Waals surface area contributed by atoms with Gasteiger partial charge in [-0.1, -0.05) is 6.42 Å². The Balaban J connectivity index is 1.05. The van der Waals surface area contributed by atoms with Crippen LogP contribution in [0, 0.1) is 25.7 Å². The van der Waals surface area contributed by atoms with Gasteiger partial charge >= 0.3 is 0 Å². The molecule has 3 fully saturated rings. The van der Waals surface area contributed by atoms with E-state index in [1.807, 2.05) is 17.9 Å². The highest BCUT2D eigenvalue weighted by Crippen LogP contribution is 2.46. The molecule has 0 spiro atoms. The van der Waals surface area contributed by atoms with Crippen molar-refractivity contribution < 1.29 is 9.53 Å². The lowest BCUT2D eigenvalue weighted by atomic mass is 9.62. The maximum absolute atomic E-state index is 13.0. The molecular formula is C30H42N8O2. The lowest BCUT2D eigenvalue weighted by Gasteiger charge is -2.49. The van der Waals surface area contributed by atoms with Gasteiger partial charge in [0, 0.05) is 62.1 Å². The number of nitrogens with zero attached hydrogens (tertiary/aromatic N) is 6. The first kappa shape index (κ1) is 26.0. The number of amides is 1. The number of pyridine rings is 1. The van der Waals surface area contributed by atoms with Crippen LogP contribution in [-0.2, 0) is 36.1 Å². The second kappa shape index (κ2) is 10.1. The van der Waals surface area contributed by atoms with Crippen LogP contribution in [0.2, 0.25) is 0 Å². The summed E-state index contributed by atoms with van der Waals surface area (Å²) in [6.45, 7) is 8.96. The third kappa shape index (κ3) is 4.59. The lowest BCUT2D eigenvalue weighted by molar-refractivity contribution is -0.129. The average Bonchev–Trinajstić information content (AvgIpc) is 3.49. The Morgan fingerprint density at radius 3 is 3.02 bits per heavy atom. The van der Waals surface area contributed by atoms with Crippen LogP contribution >= 0.6 is 0 Å². The van der Waals surface area contributed by atoms with Gasteiger partial charge < -0.3 is 20.3 Å². The van der Waals surface area contributed by atoms with Crippen molar-refractivity contribution in [2.24, 2.45) is 18.9 Å². The maximum atomic E-state index is 13.0. The summed E-state index contributed by atoms with van der Waals surface area (Å²) in [5.74, 6) is 1.37.